The Morgan fingerprint density at radius 2 is 2.06 bits per heavy atom. The highest BCUT2D eigenvalue weighted by atomic mass is 16.6. The summed E-state index contributed by atoms with van der Waals surface area (Å²) in [5.41, 5.74) is 0.950. The first kappa shape index (κ1) is 14.1. The highest BCUT2D eigenvalue weighted by molar-refractivity contribution is 5.95. The molecule has 98 valence electrons. The van der Waals surface area contributed by atoms with Crippen molar-refractivity contribution in [3.63, 3.8) is 0 Å². The van der Waals surface area contributed by atoms with Gasteiger partial charge in [0.1, 0.15) is 0 Å². The highest BCUT2D eigenvalue weighted by Crippen LogP contribution is 2.16. The Hall–Kier alpha value is -1.95. The van der Waals surface area contributed by atoms with Gasteiger partial charge in [-0.2, -0.15) is 0 Å². The summed E-state index contributed by atoms with van der Waals surface area (Å²) >= 11 is 0. The number of likely N-dealkylation sites (N-methyl/N-ethyl adjacent to an activating group) is 1. The number of nitrogens with zero attached hydrogens (tertiary/aromatic N) is 1. The summed E-state index contributed by atoms with van der Waals surface area (Å²) in [6.07, 6.45) is 0. The molecule has 1 aromatic rings. The van der Waals surface area contributed by atoms with Gasteiger partial charge in [-0.05, 0) is 25.1 Å². The van der Waals surface area contributed by atoms with Gasteiger partial charge in [0.2, 0.25) is 0 Å². The van der Waals surface area contributed by atoms with E-state index in [4.69, 9.17) is 0 Å². The zero-order chi connectivity index (χ0) is 13.5. The normalized spacial score (nSPS) is 10.1. The maximum atomic E-state index is 11.8. The lowest BCUT2D eigenvalue weighted by atomic mass is 10.1. The largest absolute Gasteiger partial charge is 0.351 e. The summed E-state index contributed by atoms with van der Waals surface area (Å²) in [6, 6.07) is 4.36. The van der Waals surface area contributed by atoms with Gasteiger partial charge in [0.25, 0.3) is 11.6 Å². The van der Waals surface area contributed by atoms with Gasteiger partial charge in [0.05, 0.1) is 4.92 Å². The van der Waals surface area contributed by atoms with Gasteiger partial charge in [-0.3, -0.25) is 14.9 Å². The van der Waals surface area contributed by atoms with Gasteiger partial charge in [0, 0.05) is 30.8 Å². The van der Waals surface area contributed by atoms with Crippen LogP contribution in [0.1, 0.15) is 22.8 Å². The van der Waals surface area contributed by atoms with Crippen LogP contribution in [0.4, 0.5) is 5.69 Å². The molecule has 0 saturated carbocycles. The molecule has 0 saturated heterocycles. The Bertz CT molecular complexity index is 446. The van der Waals surface area contributed by atoms with Crippen molar-refractivity contribution in [1.82, 2.24) is 10.6 Å². The van der Waals surface area contributed by atoms with Crippen LogP contribution in [0, 0.1) is 17.0 Å². The number of carbonyl (C=O) groups is 1. The molecule has 0 fully saturated rings. The number of carbonyl (C=O) groups excluding carboxylic acids is 1. The molecule has 6 nitrogen and oxygen atoms in total. The minimum atomic E-state index is -0.498. The van der Waals surface area contributed by atoms with Crippen LogP contribution < -0.4 is 10.6 Å². The smallest absolute Gasteiger partial charge is 0.270 e. The monoisotopic (exact) mass is 251 g/mol. The Morgan fingerprint density at radius 1 is 1.33 bits per heavy atom. The molecule has 18 heavy (non-hydrogen) atoms. The average molecular weight is 251 g/mol. The summed E-state index contributed by atoms with van der Waals surface area (Å²) in [5, 5.41) is 16.5. The predicted molar refractivity (Wildman–Crippen MR) is 68.7 cm³/mol. The van der Waals surface area contributed by atoms with Crippen molar-refractivity contribution >= 4 is 11.6 Å². The molecule has 0 unspecified atom stereocenters. The van der Waals surface area contributed by atoms with Crippen LogP contribution in [-0.4, -0.2) is 30.5 Å². The first-order chi connectivity index (χ1) is 8.54. The van der Waals surface area contributed by atoms with Crippen molar-refractivity contribution in [1.29, 1.82) is 0 Å². The number of non-ortho nitro benzene ring substituents is 1. The van der Waals surface area contributed by atoms with E-state index in [0.29, 0.717) is 24.2 Å². The van der Waals surface area contributed by atoms with Crippen LogP contribution in [0.2, 0.25) is 0 Å². The molecule has 0 aliphatic heterocycles. The molecule has 1 rings (SSSR count). The number of aryl methyl sites for hydroxylation is 1. The number of benzene rings is 1. The van der Waals surface area contributed by atoms with Crippen molar-refractivity contribution in [2.75, 3.05) is 19.6 Å². The Labute approximate surface area is 106 Å². The average Bonchev–Trinajstić information content (AvgIpc) is 2.33. The Morgan fingerprint density at radius 3 is 2.67 bits per heavy atom. The van der Waals surface area contributed by atoms with Gasteiger partial charge < -0.3 is 10.6 Å². The third kappa shape index (κ3) is 4.14. The summed E-state index contributed by atoms with van der Waals surface area (Å²) in [7, 11) is 0. The Balaban J connectivity index is 2.70. The van der Waals surface area contributed by atoms with Gasteiger partial charge in [0.15, 0.2) is 0 Å². The van der Waals surface area contributed by atoms with E-state index in [1.807, 2.05) is 6.92 Å². The second-order valence-corrected chi connectivity index (χ2v) is 3.92. The fourth-order valence-corrected chi connectivity index (χ4v) is 1.54. The second-order valence-electron chi connectivity index (χ2n) is 3.92. The molecular weight excluding hydrogens is 234 g/mol. The summed E-state index contributed by atoms with van der Waals surface area (Å²) < 4.78 is 0. The number of hydrogen-bond donors (Lipinski definition) is 2. The molecule has 2 N–H and O–H groups in total. The zero-order valence-corrected chi connectivity index (χ0v) is 10.5. The van der Waals surface area contributed by atoms with Crippen molar-refractivity contribution in [3.05, 3.63) is 39.4 Å². The van der Waals surface area contributed by atoms with E-state index in [9.17, 15) is 14.9 Å². The maximum Gasteiger partial charge on any atom is 0.270 e. The van der Waals surface area contributed by atoms with Crippen LogP contribution in [0.3, 0.4) is 0 Å². The second kappa shape index (κ2) is 6.70. The third-order valence-electron chi connectivity index (χ3n) is 2.37. The molecule has 6 heteroatoms. The standard InChI is InChI=1S/C12H17N3O3/c1-3-13-4-5-14-12(16)10-6-9(2)7-11(8-10)15(17)18/h6-8,13H,3-5H2,1-2H3,(H,14,16). The molecule has 0 heterocycles. The number of hydrogen-bond acceptors (Lipinski definition) is 4. The summed E-state index contributed by atoms with van der Waals surface area (Å²) in [4.78, 5) is 22.0. The van der Waals surface area contributed by atoms with Crippen LogP contribution in [0.25, 0.3) is 0 Å². The van der Waals surface area contributed by atoms with Gasteiger partial charge in [-0.25, -0.2) is 0 Å². The third-order valence-corrected chi connectivity index (χ3v) is 2.37. The summed E-state index contributed by atoms with van der Waals surface area (Å²) in [6.45, 7) is 5.71. The van der Waals surface area contributed by atoms with E-state index in [-0.39, 0.29) is 11.6 Å². The van der Waals surface area contributed by atoms with Gasteiger partial charge in [-0.1, -0.05) is 6.92 Å². The van der Waals surface area contributed by atoms with Crippen molar-refractivity contribution in [2.45, 2.75) is 13.8 Å². The van der Waals surface area contributed by atoms with E-state index in [1.54, 1.807) is 13.0 Å². The number of nitro groups is 1. The minimum Gasteiger partial charge on any atom is -0.351 e. The van der Waals surface area contributed by atoms with E-state index in [2.05, 4.69) is 10.6 Å². The van der Waals surface area contributed by atoms with Crippen LogP contribution in [0.5, 0.6) is 0 Å². The molecule has 0 radical (unpaired) electrons. The highest BCUT2D eigenvalue weighted by Gasteiger charge is 2.12. The van der Waals surface area contributed by atoms with Crippen LogP contribution in [-0.2, 0) is 0 Å². The number of amides is 1. The molecule has 1 amide bonds. The van der Waals surface area contributed by atoms with E-state index in [0.717, 1.165) is 6.54 Å². The van der Waals surface area contributed by atoms with Gasteiger partial charge in [-0.15, -0.1) is 0 Å². The van der Waals surface area contributed by atoms with E-state index in [1.165, 1.54) is 12.1 Å². The minimum absolute atomic E-state index is 0.0631. The summed E-state index contributed by atoms with van der Waals surface area (Å²) in [5.74, 6) is -0.292. The van der Waals surface area contributed by atoms with Crippen molar-refractivity contribution in [3.8, 4) is 0 Å². The van der Waals surface area contributed by atoms with E-state index < -0.39 is 4.92 Å². The molecule has 0 atom stereocenters. The Kier molecular flexibility index (Phi) is 5.26. The van der Waals surface area contributed by atoms with Gasteiger partial charge >= 0.3 is 0 Å². The molecule has 0 spiro atoms. The lowest BCUT2D eigenvalue weighted by Gasteiger charge is -2.06. The first-order valence-corrected chi connectivity index (χ1v) is 5.79. The fourth-order valence-electron chi connectivity index (χ4n) is 1.54. The molecule has 0 aliphatic carbocycles. The molecule has 1 aromatic carbocycles. The SMILES string of the molecule is CCNCCNC(=O)c1cc(C)cc([N+](=O)[O-])c1. The van der Waals surface area contributed by atoms with Crippen molar-refractivity contribution < 1.29 is 9.72 Å². The number of nitro benzene ring substituents is 1. The molecule has 0 aliphatic rings. The number of nitrogens with one attached hydrogen (secondary N) is 2. The van der Waals surface area contributed by atoms with Crippen LogP contribution >= 0.6 is 0 Å². The van der Waals surface area contributed by atoms with Crippen LogP contribution in [0.15, 0.2) is 18.2 Å². The van der Waals surface area contributed by atoms with Crippen molar-refractivity contribution in [2.24, 2.45) is 0 Å². The number of rotatable bonds is 6. The fraction of sp³-hybridized carbons (Fsp3) is 0.417. The lowest BCUT2D eigenvalue weighted by Crippen LogP contribution is -2.31. The maximum absolute atomic E-state index is 11.8. The topological polar surface area (TPSA) is 84.3 Å². The van der Waals surface area contributed by atoms with E-state index >= 15 is 0 Å². The quantitative estimate of drug-likeness (QED) is 0.452. The lowest BCUT2D eigenvalue weighted by molar-refractivity contribution is -0.384. The molecular formula is C12H17N3O3. The predicted octanol–water partition coefficient (Wildman–Crippen LogP) is 1.24. The molecule has 0 aromatic heterocycles. The zero-order valence-electron chi connectivity index (χ0n) is 10.5. The first-order valence-electron chi connectivity index (χ1n) is 5.79. The molecule has 0 bridgehead atoms.